The van der Waals surface area contributed by atoms with Crippen LogP contribution in [0.25, 0.3) is 11.0 Å². The molecule has 0 amide bonds. The minimum absolute atomic E-state index is 0.0561. The van der Waals surface area contributed by atoms with Crippen LogP contribution in [0.3, 0.4) is 0 Å². The quantitative estimate of drug-likeness (QED) is 0.294. The number of sulfonamides is 1. The number of nitrogens with zero attached hydrogens (tertiary/aromatic N) is 6. The second kappa shape index (κ2) is 11.3. The van der Waals surface area contributed by atoms with Gasteiger partial charge in [-0.15, -0.1) is 5.10 Å². The van der Waals surface area contributed by atoms with Gasteiger partial charge in [0.1, 0.15) is 16.2 Å². The summed E-state index contributed by atoms with van der Waals surface area (Å²) in [6.45, 7) is 6.20. The summed E-state index contributed by atoms with van der Waals surface area (Å²) >= 11 is 0. The Labute approximate surface area is 257 Å². The summed E-state index contributed by atoms with van der Waals surface area (Å²) in [5.41, 5.74) is 6.26. The molecule has 230 valence electrons. The molecule has 1 saturated heterocycles. The molecule has 1 unspecified atom stereocenters. The van der Waals surface area contributed by atoms with Gasteiger partial charge in [-0.05, 0) is 97.9 Å². The van der Waals surface area contributed by atoms with Crippen molar-refractivity contribution in [2.24, 2.45) is 5.92 Å². The molecule has 7 rings (SSSR count). The van der Waals surface area contributed by atoms with E-state index >= 15 is 0 Å². The average Bonchev–Trinajstić information content (AvgIpc) is 3.75. The lowest BCUT2D eigenvalue weighted by Gasteiger charge is -2.36. The van der Waals surface area contributed by atoms with E-state index in [0.29, 0.717) is 18.3 Å². The van der Waals surface area contributed by atoms with Gasteiger partial charge in [0.05, 0.1) is 11.9 Å². The number of pyridine rings is 1. The van der Waals surface area contributed by atoms with Gasteiger partial charge in [-0.1, -0.05) is 29.5 Å². The van der Waals surface area contributed by atoms with Gasteiger partial charge in [0.2, 0.25) is 10.0 Å². The highest BCUT2D eigenvalue weighted by molar-refractivity contribution is 7.89. The van der Waals surface area contributed by atoms with Crippen molar-refractivity contribution in [1.82, 2.24) is 24.3 Å². The molecule has 1 saturated carbocycles. The Morgan fingerprint density at radius 1 is 1.09 bits per heavy atom. The first-order valence-corrected chi connectivity index (χ1v) is 17.0. The molecule has 10 nitrogen and oxygen atoms in total. The number of carboxylic acids is 1. The Balaban J connectivity index is 1.25. The van der Waals surface area contributed by atoms with Crippen LogP contribution < -0.4 is 4.90 Å². The second-order valence-electron chi connectivity index (χ2n) is 12.7. The normalized spacial score (nSPS) is 20.6. The summed E-state index contributed by atoms with van der Waals surface area (Å²) in [7, 11) is -3.81. The van der Waals surface area contributed by atoms with Crippen molar-refractivity contribution in [1.29, 1.82) is 0 Å². The second-order valence-corrected chi connectivity index (χ2v) is 14.6. The molecule has 2 aromatic carbocycles. The van der Waals surface area contributed by atoms with E-state index in [1.54, 1.807) is 22.6 Å². The van der Waals surface area contributed by atoms with Gasteiger partial charge < -0.3 is 10.0 Å². The first kappa shape index (κ1) is 28.9. The summed E-state index contributed by atoms with van der Waals surface area (Å²) in [6.07, 6.45) is 6.99. The van der Waals surface area contributed by atoms with E-state index in [4.69, 9.17) is 0 Å². The molecule has 2 fully saturated rings. The van der Waals surface area contributed by atoms with Crippen molar-refractivity contribution in [3.63, 3.8) is 0 Å². The lowest BCUT2D eigenvalue weighted by molar-refractivity contribution is -0.137. The van der Waals surface area contributed by atoms with Gasteiger partial charge in [0, 0.05) is 44.3 Å². The van der Waals surface area contributed by atoms with Gasteiger partial charge >= 0.3 is 5.97 Å². The number of aryl methyl sites for hydroxylation is 2. The molecule has 3 aliphatic rings. The van der Waals surface area contributed by atoms with Crippen molar-refractivity contribution in [2.45, 2.75) is 82.3 Å². The fraction of sp³-hybridized carbons (Fsp3) is 0.455. The van der Waals surface area contributed by atoms with Crippen molar-refractivity contribution in [2.75, 3.05) is 18.0 Å². The highest BCUT2D eigenvalue weighted by Gasteiger charge is 2.39. The zero-order valence-corrected chi connectivity index (χ0v) is 26.0. The number of hydrogen-bond donors (Lipinski definition) is 1. The molecule has 44 heavy (non-hydrogen) atoms. The van der Waals surface area contributed by atoms with Crippen LogP contribution in [0.1, 0.15) is 72.3 Å². The minimum Gasteiger partial charge on any atom is -0.481 e. The van der Waals surface area contributed by atoms with E-state index < -0.39 is 21.9 Å². The van der Waals surface area contributed by atoms with Crippen LogP contribution in [-0.4, -0.2) is 62.9 Å². The first-order valence-electron chi connectivity index (χ1n) is 15.6. The number of rotatable bonds is 8. The number of aliphatic carboxylic acids is 1. The molecule has 0 radical (unpaired) electrons. The number of carboxylic acid groups (broad SMARTS) is 1. The molecule has 1 aliphatic carbocycles. The van der Waals surface area contributed by atoms with E-state index in [-0.39, 0.29) is 23.9 Å². The van der Waals surface area contributed by atoms with Crippen LogP contribution in [-0.2, 0) is 27.9 Å². The van der Waals surface area contributed by atoms with Crippen LogP contribution in [0, 0.1) is 19.8 Å². The Hall–Kier alpha value is -3.83. The lowest BCUT2D eigenvalue weighted by Crippen LogP contribution is -2.45. The van der Waals surface area contributed by atoms with Crippen LogP contribution in [0.5, 0.6) is 0 Å². The van der Waals surface area contributed by atoms with Crippen molar-refractivity contribution in [3.05, 3.63) is 76.5 Å². The summed E-state index contributed by atoms with van der Waals surface area (Å²) < 4.78 is 31.7. The van der Waals surface area contributed by atoms with Gasteiger partial charge in [0.25, 0.3) is 0 Å². The van der Waals surface area contributed by atoms with Crippen molar-refractivity contribution >= 4 is 32.8 Å². The topological polar surface area (TPSA) is 122 Å². The third-order valence-electron chi connectivity index (χ3n) is 9.67. The maximum atomic E-state index is 14.1. The summed E-state index contributed by atoms with van der Waals surface area (Å²) in [5.74, 6) is -0.119. The molecule has 1 N–H and O–H groups in total. The predicted octanol–water partition coefficient (Wildman–Crippen LogP) is 5.02. The van der Waals surface area contributed by atoms with Crippen LogP contribution >= 0.6 is 0 Å². The zero-order valence-electron chi connectivity index (χ0n) is 25.2. The van der Waals surface area contributed by atoms with Crippen LogP contribution in [0.15, 0.2) is 53.6 Å². The largest absolute Gasteiger partial charge is 0.481 e. The fourth-order valence-electron chi connectivity index (χ4n) is 6.98. The fourth-order valence-corrected chi connectivity index (χ4v) is 8.59. The van der Waals surface area contributed by atoms with Gasteiger partial charge in [-0.3, -0.25) is 4.79 Å². The number of benzene rings is 2. The average molecular weight is 615 g/mol. The van der Waals surface area contributed by atoms with Crippen LogP contribution in [0.2, 0.25) is 0 Å². The van der Waals surface area contributed by atoms with E-state index in [0.717, 1.165) is 71.2 Å². The highest BCUT2D eigenvalue weighted by atomic mass is 32.2. The number of anilines is 1. The summed E-state index contributed by atoms with van der Waals surface area (Å²) in [4.78, 5) is 19.1. The highest BCUT2D eigenvalue weighted by Crippen LogP contribution is 2.38. The third kappa shape index (κ3) is 5.26. The molecule has 4 heterocycles. The predicted molar refractivity (Wildman–Crippen MR) is 167 cm³/mol. The Kier molecular flexibility index (Phi) is 7.40. The number of carbonyl (C=O) groups is 1. The molecule has 4 aromatic rings. The van der Waals surface area contributed by atoms with Crippen molar-refractivity contribution < 1.29 is 18.3 Å². The van der Waals surface area contributed by atoms with E-state index in [1.807, 2.05) is 48.9 Å². The first-order chi connectivity index (χ1) is 21.2. The minimum atomic E-state index is -3.81. The Morgan fingerprint density at radius 2 is 1.93 bits per heavy atom. The molecule has 2 aliphatic heterocycles. The van der Waals surface area contributed by atoms with Crippen LogP contribution in [0.4, 0.5) is 5.82 Å². The van der Waals surface area contributed by atoms with E-state index in [1.165, 1.54) is 12.8 Å². The number of aromatic nitrogens is 4. The standard InChI is InChI=1S/C33H38N6O4S/c1-21-8-11-24(28(17-31(40)41)27-12-13-29-32(22(27)2)35-36-39(29)18-23-9-10-23)16-25(21)19-37-20-26-6-3-4-15-38(26)33-30(44(37,42)43)7-5-14-34-33/h5,7-8,11-14,16,23,26,28H,3-4,6,9-10,15,17-20H2,1-2H3,(H,40,41)/t26?,28-/m0/s1. The maximum absolute atomic E-state index is 14.1. The summed E-state index contributed by atoms with van der Waals surface area (Å²) in [5, 5.41) is 18.9. The smallest absolute Gasteiger partial charge is 0.304 e. The Morgan fingerprint density at radius 3 is 2.73 bits per heavy atom. The molecule has 0 spiro atoms. The zero-order chi connectivity index (χ0) is 30.6. The number of hydrogen-bond acceptors (Lipinski definition) is 7. The molecular weight excluding hydrogens is 576 g/mol. The monoisotopic (exact) mass is 614 g/mol. The van der Waals surface area contributed by atoms with Gasteiger partial charge in [-0.25, -0.2) is 18.1 Å². The molecule has 11 heteroatoms. The van der Waals surface area contributed by atoms with Crippen molar-refractivity contribution in [3.8, 4) is 0 Å². The molecule has 2 aromatic heterocycles. The molecular formula is C33H38N6O4S. The SMILES string of the molecule is Cc1ccc([C@H](CC(=O)O)c2ccc3c(nnn3CC3CC3)c2C)cc1CN1CC2CCCCN2c2ncccc2S1(=O)=O. The van der Waals surface area contributed by atoms with Gasteiger partial charge in [0.15, 0.2) is 0 Å². The lowest BCUT2D eigenvalue weighted by atomic mass is 9.84. The number of fused-ring (bicyclic) bond motifs is 4. The third-order valence-corrected chi connectivity index (χ3v) is 11.5. The Bertz CT molecular complexity index is 1850. The maximum Gasteiger partial charge on any atom is 0.304 e. The molecule has 2 atom stereocenters. The van der Waals surface area contributed by atoms with E-state index in [2.05, 4.69) is 20.2 Å². The molecule has 0 bridgehead atoms. The van der Waals surface area contributed by atoms with Gasteiger partial charge in [-0.2, -0.15) is 4.31 Å². The number of piperidine rings is 1. The van der Waals surface area contributed by atoms with E-state index in [9.17, 15) is 18.3 Å². The summed E-state index contributed by atoms with van der Waals surface area (Å²) in [6, 6.07) is 13.4.